The van der Waals surface area contributed by atoms with Crippen molar-refractivity contribution in [1.29, 1.82) is 0 Å². The van der Waals surface area contributed by atoms with Crippen molar-refractivity contribution in [3.05, 3.63) is 34.9 Å². The molecule has 7 atom stereocenters. The third kappa shape index (κ3) is 6.09. The van der Waals surface area contributed by atoms with Gasteiger partial charge in [-0.3, -0.25) is 0 Å². The first kappa shape index (κ1) is 31.6. The normalized spacial score (nSPS) is 35.8. The molecule has 0 saturated heterocycles. The Morgan fingerprint density at radius 3 is 2.44 bits per heavy atom. The molecule has 0 heterocycles. The van der Waals surface area contributed by atoms with Crippen LogP contribution in [-0.2, 0) is 4.43 Å². The van der Waals surface area contributed by atoms with Gasteiger partial charge in [-0.1, -0.05) is 69.6 Å². The second-order valence-electron chi connectivity index (χ2n) is 15.8. The van der Waals surface area contributed by atoms with Gasteiger partial charge < -0.3 is 14.6 Å². The molecule has 39 heavy (non-hydrogen) atoms. The molecule has 4 aliphatic carbocycles. The molecule has 5 heteroatoms. The topological polar surface area (TPSA) is 49.7 Å². The maximum atomic E-state index is 10.9. The Bertz CT molecular complexity index is 999. The first-order valence-electron chi connectivity index (χ1n) is 15.7. The zero-order chi connectivity index (χ0) is 29.0. The number of aliphatic hydroxyl groups is 2. The van der Waals surface area contributed by atoms with Crippen LogP contribution in [0.4, 0.5) is 0 Å². The summed E-state index contributed by atoms with van der Waals surface area (Å²) in [4.78, 5) is 0. The standard InChI is InChI=1S/C34H58O3SSi/c1-23(38-20-12-11-18-32(5,6)36)27-15-16-28-26-14-13-24-21-25(35)22-30(37-39(9,10)31(2,3)4)34(24,8)29(26)17-19-33(27,28)7/h13-15,23,25,28-30,35-36H,11-12,16-22H2,1-10H3/t23?,25?,28-,29-,30?,33+,34-/m0/s1. The van der Waals surface area contributed by atoms with Crippen molar-refractivity contribution in [1.82, 2.24) is 0 Å². The highest BCUT2D eigenvalue weighted by Crippen LogP contribution is 2.65. The molecule has 0 aromatic heterocycles. The van der Waals surface area contributed by atoms with Crippen molar-refractivity contribution in [3.63, 3.8) is 0 Å². The Hall–Kier alpha value is -0.333. The smallest absolute Gasteiger partial charge is 0.192 e. The Balaban J connectivity index is 1.51. The molecule has 0 spiro atoms. The van der Waals surface area contributed by atoms with Gasteiger partial charge >= 0.3 is 0 Å². The number of unbranched alkanes of at least 4 members (excludes halogenated alkanes) is 1. The molecule has 4 aliphatic rings. The lowest BCUT2D eigenvalue weighted by Gasteiger charge is -2.58. The van der Waals surface area contributed by atoms with Crippen molar-refractivity contribution in [2.45, 2.75) is 148 Å². The minimum Gasteiger partial charge on any atom is -0.413 e. The molecule has 0 amide bonds. The maximum Gasteiger partial charge on any atom is 0.192 e. The quantitative estimate of drug-likeness (QED) is 0.164. The second-order valence-corrected chi connectivity index (χ2v) is 22.0. The molecule has 2 saturated carbocycles. The minimum absolute atomic E-state index is 0.0240. The fourth-order valence-electron chi connectivity index (χ4n) is 7.99. The summed E-state index contributed by atoms with van der Waals surface area (Å²) in [5.41, 5.74) is 4.42. The largest absolute Gasteiger partial charge is 0.413 e. The lowest BCUT2D eigenvalue weighted by molar-refractivity contribution is -0.0417. The Kier molecular flexibility index (Phi) is 8.96. The number of allylic oxidation sites excluding steroid dienone is 4. The van der Waals surface area contributed by atoms with Gasteiger partial charge in [-0.2, -0.15) is 11.8 Å². The lowest BCUT2D eigenvalue weighted by atomic mass is 9.49. The molecule has 3 unspecified atom stereocenters. The van der Waals surface area contributed by atoms with E-state index < -0.39 is 13.9 Å². The van der Waals surface area contributed by atoms with Gasteiger partial charge in [0.15, 0.2) is 8.32 Å². The van der Waals surface area contributed by atoms with Crippen molar-refractivity contribution in [3.8, 4) is 0 Å². The van der Waals surface area contributed by atoms with Crippen LogP contribution in [0.15, 0.2) is 34.9 Å². The Morgan fingerprint density at radius 1 is 1.10 bits per heavy atom. The second kappa shape index (κ2) is 11.1. The molecule has 0 aromatic rings. The Morgan fingerprint density at radius 2 is 1.79 bits per heavy atom. The van der Waals surface area contributed by atoms with E-state index >= 15 is 0 Å². The van der Waals surface area contributed by atoms with Gasteiger partial charge in [0.25, 0.3) is 0 Å². The molecule has 2 fully saturated rings. The molecule has 2 N–H and O–H groups in total. The van der Waals surface area contributed by atoms with E-state index in [1.165, 1.54) is 30.6 Å². The molecule has 0 aliphatic heterocycles. The fourth-order valence-corrected chi connectivity index (χ4v) is 10.7. The van der Waals surface area contributed by atoms with Gasteiger partial charge in [-0.15, -0.1) is 0 Å². The summed E-state index contributed by atoms with van der Waals surface area (Å²) in [7, 11) is -1.98. The van der Waals surface area contributed by atoms with Crippen molar-refractivity contribution in [2.75, 3.05) is 5.75 Å². The molecule has 0 radical (unpaired) electrons. The summed E-state index contributed by atoms with van der Waals surface area (Å²) in [6, 6.07) is 0. The predicted molar refractivity (Wildman–Crippen MR) is 171 cm³/mol. The molecule has 4 rings (SSSR count). The molecule has 0 aromatic carbocycles. The van der Waals surface area contributed by atoms with Crippen LogP contribution in [0, 0.1) is 22.7 Å². The highest BCUT2D eigenvalue weighted by Gasteiger charge is 2.58. The molecular formula is C34H58O3SSi. The zero-order valence-electron chi connectivity index (χ0n) is 26.7. The SMILES string of the molecule is CC(SCCCCC(C)(C)O)C1=CC[C@H]2C3=CC=C4CC(O)CC(O[Si](C)(C)C(C)(C)C)[C@]4(C)[C@H]3CC[C@]12C. The number of rotatable bonds is 9. The molecule has 222 valence electrons. The number of thioether (sulfide) groups is 1. The first-order chi connectivity index (χ1) is 17.9. The van der Waals surface area contributed by atoms with E-state index in [1.807, 2.05) is 13.8 Å². The van der Waals surface area contributed by atoms with Crippen molar-refractivity contribution in [2.24, 2.45) is 22.7 Å². The van der Waals surface area contributed by atoms with E-state index in [-0.39, 0.29) is 28.1 Å². The van der Waals surface area contributed by atoms with Crippen molar-refractivity contribution >= 4 is 20.1 Å². The van der Waals surface area contributed by atoms with Crippen molar-refractivity contribution < 1.29 is 14.6 Å². The zero-order valence-corrected chi connectivity index (χ0v) is 28.5. The molecular weight excluding hydrogens is 517 g/mol. The van der Waals surface area contributed by atoms with E-state index in [4.69, 9.17) is 4.43 Å². The van der Waals surface area contributed by atoms with Gasteiger partial charge in [0, 0.05) is 10.7 Å². The molecule has 3 nitrogen and oxygen atoms in total. The average Bonchev–Trinajstić information content (AvgIpc) is 3.15. The van der Waals surface area contributed by atoms with Gasteiger partial charge in [0.2, 0.25) is 0 Å². The van der Waals surface area contributed by atoms with E-state index in [0.717, 1.165) is 32.1 Å². The van der Waals surface area contributed by atoms with Crippen LogP contribution in [0.5, 0.6) is 0 Å². The van der Waals surface area contributed by atoms with Crippen LogP contribution in [0.1, 0.15) is 107 Å². The summed E-state index contributed by atoms with van der Waals surface area (Å²) >= 11 is 2.11. The van der Waals surface area contributed by atoms with Crippen LogP contribution >= 0.6 is 11.8 Å². The summed E-state index contributed by atoms with van der Waals surface area (Å²) < 4.78 is 7.19. The van der Waals surface area contributed by atoms with E-state index in [9.17, 15) is 10.2 Å². The maximum absolute atomic E-state index is 10.9. The first-order valence-corrected chi connectivity index (χ1v) is 19.7. The summed E-state index contributed by atoms with van der Waals surface area (Å²) in [5.74, 6) is 2.26. The number of hydrogen-bond acceptors (Lipinski definition) is 4. The average molecular weight is 575 g/mol. The van der Waals surface area contributed by atoms with Gasteiger partial charge in [0.05, 0.1) is 17.8 Å². The fraction of sp³-hybridized carbons (Fsp3) is 0.824. The summed E-state index contributed by atoms with van der Waals surface area (Å²) in [6.45, 7) is 23.0. The number of aliphatic hydroxyl groups excluding tert-OH is 1. The monoisotopic (exact) mass is 574 g/mol. The van der Waals surface area contributed by atoms with E-state index in [1.54, 1.807) is 11.1 Å². The lowest BCUT2D eigenvalue weighted by Crippen LogP contribution is -2.57. The Labute approximate surface area is 245 Å². The number of fused-ring (bicyclic) bond motifs is 5. The third-order valence-corrected chi connectivity index (χ3v) is 17.3. The van der Waals surface area contributed by atoms with E-state index in [2.05, 4.69) is 84.6 Å². The van der Waals surface area contributed by atoms with Crippen LogP contribution < -0.4 is 0 Å². The summed E-state index contributed by atoms with van der Waals surface area (Å²) in [6.07, 6.45) is 15.5. The van der Waals surface area contributed by atoms with Gasteiger partial charge in [-0.05, 0) is 113 Å². The highest BCUT2D eigenvalue weighted by atomic mass is 32.2. The van der Waals surface area contributed by atoms with Crippen LogP contribution in [0.2, 0.25) is 18.1 Å². The summed E-state index contributed by atoms with van der Waals surface area (Å²) in [5, 5.41) is 21.6. The van der Waals surface area contributed by atoms with Gasteiger partial charge in [0.1, 0.15) is 0 Å². The molecule has 0 bridgehead atoms. The number of hydrogen-bond donors (Lipinski definition) is 2. The predicted octanol–water partition coefficient (Wildman–Crippen LogP) is 8.83. The van der Waals surface area contributed by atoms with Crippen LogP contribution in [0.3, 0.4) is 0 Å². The highest BCUT2D eigenvalue weighted by molar-refractivity contribution is 8.00. The third-order valence-electron chi connectivity index (χ3n) is 11.5. The van der Waals surface area contributed by atoms with Crippen LogP contribution in [-0.4, -0.2) is 47.3 Å². The van der Waals surface area contributed by atoms with Crippen LogP contribution in [0.25, 0.3) is 0 Å². The van der Waals surface area contributed by atoms with Gasteiger partial charge in [-0.25, -0.2) is 0 Å². The minimum atomic E-state index is -1.98. The van der Waals surface area contributed by atoms with E-state index in [0.29, 0.717) is 17.1 Å².